The van der Waals surface area contributed by atoms with Crippen LogP contribution in [0.5, 0.6) is 0 Å². The van der Waals surface area contributed by atoms with Gasteiger partial charge in [0.15, 0.2) is 10.9 Å². The number of rotatable bonds is 6. The van der Waals surface area contributed by atoms with Gasteiger partial charge in [-0.25, -0.2) is 9.37 Å². The standard InChI is InChI=1S/C30H26FN3O2S2/c1-18-15-24(19(2)33(18)22-12-8-9-20(31)16-22)25(35)17-37-30-32-28-27(23-13-6-7-14-26(23)38-28)29(36)34(30)21-10-4-3-5-11-21/h3-5,8-12,15-16H,6-7,13-14,17H2,1-2H3. The van der Waals surface area contributed by atoms with Crippen LogP contribution in [-0.2, 0) is 12.8 Å². The number of Topliss-reactive ketones (excluding diaryl/α,β-unsaturated/α-hetero) is 1. The van der Waals surface area contributed by atoms with Gasteiger partial charge in [0.1, 0.15) is 10.6 Å². The van der Waals surface area contributed by atoms with Crippen molar-refractivity contribution in [2.75, 3.05) is 5.75 Å². The lowest BCUT2D eigenvalue weighted by atomic mass is 9.97. The molecule has 192 valence electrons. The predicted octanol–water partition coefficient (Wildman–Crippen LogP) is 6.85. The number of carbonyl (C=O) groups is 1. The van der Waals surface area contributed by atoms with Crippen molar-refractivity contribution in [3.8, 4) is 11.4 Å². The van der Waals surface area contributed by atoms with Gasteiger partial charge in [0, 0.05) is 27.5 Å². The van der Waals surface area contributed by atoms with Gasteiger partial charge in [-0.15, -0.1) is 11.3 Å². The number of ketones is 1. The van der Waals surface area contributed by atoms with Gasteiger partial charge in [0.05, 0.1) is 16.8 Å². The number of benzene rings is 2. The van der Waals surface area contributed by atoms with E-state index in [4.69, 9.17) is 4.98 Å². The summed E-state index contributed by atoms with van der Waals surface area (Å²) < 4.78 is 17.4. The van der Waals surface area contributed by atoms with E-state index < -0.39 is 0 Å². The van der Waals surface area contributed by atoms with Crippen LogP contribution in [0.4, 0.5) is 4.39 Å². The van der Waals surface area contributed by atoms with Crippen molar-refractivity contribution in [2.45, 2.75) is 44.7 Å². The molecule has 0 saturated heterocycles. The van der Waals surface area contributed by atoms with Crippen LogP contribution >= 0.6 is 23.1 Å². The van der Waals surface area contributed by atoms with E-state index in [1.165, 1.54) is 28.8 Å². The third-order valence-corrected chi connectivity index (χ3v) is 9.23. The summed E-state index contributed by atoms with van der Waals surface area (Å²) >= 11 is 2.89. The summed E-state index contributed by atoms with van der Waals surface area (Å²) in [5.74, 6) is -0.261. The van der Waals surface area contributed by atoms with Gasteiger partial charge in [-0.1, -0.05) is 36.0 Å². The lowest BCUT2D eigenvalue weighted by Crippen LogP contribution is -2.22. The van der Waals surface area contributed by atoms with Crippen molar-refractivity contribution in [3.05, 3.63) is 104 Å². The van der Waals surface area contributed by atoms with Gasteiger partial charge >= 0.3 is 0 Å². The van der Waals surface area contributed by atoms with Crippen molar-refractivity contribution in [3.63, 3.8) is 0 Å². The summed E-state index contributed by atoms with van der Waals surface area (Å²) in [5, 5.41) is 1.24. The first-order chi connectivity index (χ1) is 18.4. The fraction of sp³-hybridized carbons (Fsp3) is 0.233. The van der Waals surface area contributed by atoms with Crippen molar-refractivity contribution < 1.29 is 9.18 Å². The molecule has 3 heterocycles. The van der Waals surface area contributed by atoms with Crippen LogP contribution in [0.1, 0.15) is 45.0 Å². The summed E-state index contributed by atoms with van der Waals surface area (Å²) in [5.41, 5.74) is 4.69. The molecule has 1 aliphatic rings. The van der Waals surface area contributed by atoms with Crippen LogP contribution in [-0.4, -0.2) is 25.7 Å². The normalized spacial score (nSPS) is 13.1. The molecule has 0 amide bonds. The Bertz CT molecular complexity index is 1750. The molecule has 5 nitrogen and oxygen atoms in total. The SMILES string of the molecule is Cc1cc(C(=O)CSc2nc3sc4c(c3c(=O)n2-c2ccccc2)CCCC4)c(C)n1-c1cccc(F)c1. The number of hydrogen-bond acceptors (Lipinski definition) is 5. The van der Waals surface area contributed by atoms with E-state index in [0.717, 1.165) is 58.5 Å². The molecule has 0 N–H and O–H groups in total. The topological polar surface area (TPSA) is 56.9 Å². The Kier molecular flexibility index (Phi) is 6.53. The predicted molar refractivity (Wildman–Crippen MR) is 152 cm³/mol. The number of thiophene rings is 1. The van der Waals surface area contributed by atoms with Crippen molar-refractivity contribution in [1.29, 1.82) is 0 Å². The summed E-state index contributed by atoms with van der Waals surface area (Å²) in [6.45, 7) is 3.78. The lowest BCUT2D eigenvalue weighted by Gasteiger charge is -2.13. The number of aryl methyl sites for hydroxylation is 3. The number of para-hydroxylation sites is 1. The minimum atomic E-state index is -0.325. The molecule has 0 aliphatic heterocycles. The fourth-order valence-corrected chi connectivity index (χ4v) is 7.55. The van der Waals surface area contributed by atoms with Gasteiger partial charge in [0.25, 0.3) is 5.56 Å². The number of carbonyl (C=O) groups excluding carboxylic acids is 1. The number of nitrogens with zero attached hydrogens (tertiary/aromatic N) is 3. The molecule has 8 heteroatoms. The molecular formula is C30H26FN3O2S2. The maximum atomic E-state index is 13.9. The van der Waals surface area contributed by atoms with E-state index in [1.54, 1.807) is 22.0 Å². The van der Waals surface area contributed by atoms with Crippen molar-refractivity contribution >= 4 is 39.1 Å². The molecule has 0 saturated carbocycles. The van der Waals surface area contributed by atoms with E-state index >= 15 is 0 Å². The number of thioether (sulfide) groups is 1. The molecular weight excluding hydrogens is 517 g/mol. The molecule has 0 radical (unpaired) electrons. The van der Waals surface area contributed by atoms with Gasteiger partial charge in [0.2, 0.25) is 0 Å². The van der Waals surface area contributed by atoms with E-state index in [-0.39, 0.29) is 22.9 Å². The van der Waals surface area contributed by atoms with E-state index in [9.17, 15) is 14.0 Å². The van der Waals surface area contributed by atoms with Crippen molar-refractivity contribution in [1.82, 2.24) is 14.1 Å². The molecule has 0 spiro atoms. The third-order valence-electron chi connectivity index (χ3n) is 7.10. The minimum absolute atomic E-state index is 0.0646. The van der Waals surface area contributed by atoms with E-state index in [0.29, 0.717) is 16.4 Å². The summed E-state index contributed by atoms with van der Waals surface area (Å²) in [7, 11) is 0. The minimum Gasteiger partial charge on any atom is -0.318 e. The highest BCUT2D eigenvalue weighted by atomic mass is 32.2. The number of aromatic nitrogens is 3. The molecule has 0 fully saturated rings. The Morgan fingerprint density at radius 1 is 1.00 bits per heavy atom. The Morgan fingerprint density at radius 3 is 2.55 bits per heavy atom. The van der Waals surface area contributed by atoms with E-state index in [2.05, 4.69) is 0 Å². The maximum Gasteiger partial charge on any atom is 0.267 e. The number of fused-ring (bicyclic) bond motifs is 3. The van der Waals surface area contributed by atoms with Crippen LogP contribution in [0.2, 0.25) is 0 Å². The second-order valence-corrected chi connectivity index (χ2v) is 11.6. The van der Waals surface area contributed by atoms with E-state index in [1.807, 2.05) is 60.9 Å². The zero-order valence-corrected chi connectivity index (χ0v) is 22.8. The smallest absolute Gasteiger partial charge is 0.267 e. The lowest BCUT2D eigenvalue weighted by molar-refractivity contribution is 0.102. The molecule has 0 atom stereocenters. The van der Waals surface area contributed by atoms with Crippen LogP contribution in [0, 0.1) is 19.7 Å². The first-order valence-electron chi connectivity index (χ1n) is 12.7. The quantitative estimate of drug-likeness (QED) is 0.134. The van der Waals surface area contributed by atoms with Crippen LogP contribution in [0.15, 0.2) is 70.6 Å². The molecule has 0 bridgehead atoms. The number of hydrogen-bond donors (Lipinski definition) is 0. The van der Waals surface area contributed by atoms with Crippen LogP contribution in [0.3, 0.4) is 0 Å². The van der Waals surface area contributed by atoms with Crippen LogP contribution in [0.25, 0.3) is 21.6 Å². The molecule has 6 rings (SSSR count). The highest BCUT2D eigenvalue weighted by Gasteiger charge is 2.24. The summed E-state index contributed by atoms with van der Waals surface area (Å²) in [6.07, 6.45) is 4.12. The average molecular weight is 544 g/mol. The molecule has 38 heavy (non-hydrogen) atoms. The highest BCUT2D eigenvalue weighted by Crippen LogP contribution is 2.35. The first kappa shape index (κ1) is 24.8. The third kappa shape index (κ3) is 4.31. The maximum absolute atomic E-state index is 13.9. The zero-order chi connectivity index (χ0) is 26.4. The monoisotopic (exact) mass is 543 g/mol. The fourth-order valence-electron chi connectivity index (χ4n) is 5.35. The van der Waals surface area contributed by atoms with Gasteiger partial charge in [-0.05, 0) is 81.5 Å². The Morgan fingerprint density at radius 2 is 1.76 bits per heavy atom. The van der Waals surface area contributed by atoms with Crippen molar-refractivity contribution in [2.24, 2.45) is 0 Å². The molecule has 2 aromatic carbocycles. The first-order valence-corrected chi connectivity index (χ1v) is 14.5. The Balaban J connectivity index is 1.38. The Labute approximate surface area is 228 Å². The number of halogens is 1. The Hall–Kier alpha value is -3.49. The van der Waals surface area contributed by atoms with Gasteiger partial charge in [-0.3, -0.25) is 14.2 Å². The molecule has 1 aliphatic carbocycles. The zero-order valence-electron chi connectivity index (χ0n) is 21.2. The van der Waals surface area contributed by atoms with Gasteiger partial charge in [-0.2, -0.15) is 0 Å². The average Bonchev–Trinajstić information content (AvgIpc) is 3.44. The summed E-state index contributed by atoms with van der Waals surface area (Å²) in [4.78, 5) is 34.3. The molecule has 3 aromatic heterocycles. The van der Waals surface area contributed by atoms with Crippen LogP contribution < -0.4 is 5.56 Å². The molecule has 0 unspecified atom stereocenters. The largest absolute Gasteiger partial charge is 0.318 e. The second-order valence-electron chi connectivity index (χ2n) is 9.57. The highest BCUT2D eigenvalue weighted by molar-refractivity contribution is 7.99. The second kappa shape index (κ2) is 10.0. The summed E-state index contributed by atoms with van der Waals surface area (Å²) in [6, 6.07) is 17.7. The molecule has 5 aromatic rings. The van der Waals surface area contributed by atoms with Gasteiger partial charge < -0.3 is 4.57 Å².